The van der Waals surface area contributed by atoms with Crippen LogP contribution >= 0.6 is 0 Å². The molecule has 104 valence electrons. The van der Waals surface area contributed by atoms with Gasteiger partial charge in [-0.3, -0.25) is 14.6 Å². The highest BCUT2D eigenvalue weighted by atomic mass is 16.4. The highest BCUT2D eigenvalue weighted by Gasteiger charge is 2.27. The Balaban J connectivity index is 2.51. The topological polar surface area (TPSA) is 70.5 Å². The first-order chi connectivity index (χ1) is 8.93. The molecule has 5 nitrogen and oxygen atoms in total. The summed E-state index contributed by atoms with van der Waals surface area (Å²) in [5.74, 6) is -2.29. The van der Waals surface area contributed by atoms with Crippen molar-refractivity contribution < 1.29 is 14.7 Å². The highest BCUT2D eigenvalue weighted by Crippen LogP contribution is 2.14. The van der Waals surface area contributed by atoms with Crippen molar-refractivity contribution in [3.63, 3.8) is 0 Å². The molecule has 1 N–H and O–H groups in total. The molecule has 1 amide bonds. The molecule has 0 aliphatic carbocycles. The fraction of sp³-hybridized carbons (Fsp3) is 0.500. The average molecular weight is 264 g/mol. The van der Waals surface area contributed by atoms with Crippen LogP contribution < -0.4 is 0 Å². The van der Waals surface area contributed by atoms with Crippen molar-refractivity contribution in [2.24, 2.45) is 11.8 Å². The molecule has 2 atom stereocenters. The van der Waals surface area contributed by atoms with Crippen LogP contribution in [0.25, 0.3) is 0 Å². The maximum absolute atomic E-state index is 12.1. The fourth-order valence-electron chi connectivity index (χ4n) is 1.71. The van der Waals surface area contributed by atoms with E-state index in [1.165, 1.54) is 0 Å². The number of rotatable bonds is 6. The average Bonchev–Trinajstić information content (AvgIpc) is 2.43. The van der Waals surface area contributed by atoms with Gasteiger partial charge in [-0.2, -0.15) is 0 Å². The van der Waals surface area contributed by atoms with Gasteiger partial charge in [0.05, 0.1) is 5.92 Å². The lowest BCUT2D eigenvalue weighted by Crippen LogP contribution is -2.37. The Morgan fingerprint density at radius 2 is 2.00 bits per heavy atom. The van der Waals surface area contributed by atoms with E-state index in [1.54, 1.807) is 32.0 Å². The van der Waals surface area contributed by atoms with Crippen LogP contribution in [-0.4, -0.2) is 40.5 Å². The first-order valence-corrected chi connectivity index (χ1v) is 6.31. The minimum atomic E-state index is -0.945. The summed E-state index contributed by atoms with van der Waals surface area (Å²) < 4.78 is 0. The van der Waals surface area contributed by atoms with Crippen molar-refractivity contribution in [1.82, 2.24) is 9.88 Å². The van der Waals surface area contributed by atoms with Crippen molar-refractivity contribution in [3.8, 4) is 0 Å². The summed E-state index contributed by atoms with van der Waals surface area (Å²) in [6, 6.07) is 5.65. The number of hydrogen-bond donors (Lipinski definition) is 1. The summed E-state index contributed by atoms with van der Waals surface area (Å²) in [6.07, 6.45) is 2.38. The van der Waals surface area contributed by atoms with Crippen LogP contribution in [0.2, 0.25) is 0 Å². The number of aromatic nitrogens is 1. The number of carboxylic acids is 1. The van der Waals surface area contributed by atoms with Crippen LogP contribution in [0.3, 0.4) is 0 Å². The standard InChI is InChI=1S/C14H20N2O3/c1-10(11(2)14(18)19)13(17)16(3)9-7-12-6-4-5-8-15-12/h4-6,8,10-11H,7,9H2,1-3H3,(H,18,19). The zero-order valence-corrected chi connectivity index (χ0v) is 11.5. The molecule has 1 aromatic rings. The van der Waals surface area contributed by atoms with E-state index < -0.39 is 17.8 Å². The molecule has 0 fully saturated rings. The van der Waals surface area contributed by atoms with Gasteiger partial charge in [-0.15, -0.1) is 0 Å². The molecule has 0 saturated carbocycles. The molecule has 0 aliphatic heterocycles. The predicted molar refractivity (Wildman–Crippen MR) is 71.5 cm³/mol. The lowest BCUT2D eigenvalue weighted by atomic mass is 9.95. The minimum absolute atomic E-state index is 0.147. The van der Waals surface area contributed by atoms with Gasteiger partial charge in [-0.25, -0.2) is 0 Å². The van der Waals surface area contributed by atoms with Gasteiger partial charge < -0.3 is 10.0 Å². The molecule has 1 rings (SSSR count). The van der Waals surface area contributed by atoms with Gasteiger partial charge in [0.2, 0.25) is 5.91 Å². The van der Waals surface area contributed by atoms with E-state index >= 15 is 0 Å². The number of aliphatic carboxylic acids is 1. The lowest BCUT2D eigenvalue weighted by molar-refractivity contribution is -0.148. The second kappa shape index (κ2) is 6.87. The molecule has 2 unspecified atom stereocenters. The Morgan fingerprint density at radius 3 is 2.53 bits per heavy atom. The van der Waals surface area contributed by atoms with Gasteiger partial charge in [0.15, 0.2) is 0 Å². The van der Waals surface area contributed by atoms with Crippen molar-refractivity contribution in [3.05, 3.63) is 30.1 Å². The summed E-state index contributed by atoms with van der Waals surface area (Å²) in [5.41, 5.74) is 0.918. The molecule has 0 saturated heterocycles. The molecule has 0 radical (unpaired) electrons. The number of carbonyl (C=O) groups excluding carboxylic acids is 1. The number of nitrogens with zero attached hydrogens (tertiary/aromatic N) is 2. The van der Waals surface area contributed by atoms with Gasteiger partial charge in [0, 0.05) is 37.8 Å². The maximum Gasteiger partial charge on any atom is 0.307 e. The van der Waals surface area contributed by atoms with E-state index in [4.69, 9.17) is 5.11 Å². The molecular weight excluding hydrogens is 244 g/mol. The minimum Gasteiger partial charge on any atom is -0.481 e. The summed E-state index contributed by atoms with van der Waals surface area (Å²) in [6.45, 7) is 3.74. The lowest BCUT2D eigenvalue weighted by Gasteiger charge is -2.23. The molecule has 5 heteroatoms. The van der Waals surface area contributed by atoms with E-state index in [0.29, 0.717) is 13.0 Å². The molecule has 19 heavy (non-hydrogen) atoms. The van der Waals surface area contributed by atoms with Crippen LogP contribution in [0.4, 0.5) is 0 Å². The zero-order valence-electron chi connectivity index (χ0n) is 11.5. The van der Waals surface area contributed by atoms with Gasteiger partial charge in [0.25, 0.3) is 0 Å². The number of amides is 1. The smallest absolute Gasteiger partial charge is 0.307 e. The van der Waals surface area contributed by atoms with Crippen molar-refractivity contribution >= 4 is 11.9 Å². The number of pyridine rings is 1. The Bertz CT molecular complexity index is 434. The summed E-state index contributed by atoms with van der Waals surface area (Å²) in [5, 5.41) is 8.91. The van der Waals surface area contributed by atoms with E-state index in [9.17, 15) is 9.59 Å². The van der Waals surface area contributed by atoms with E-state index in [0.717, 1.165) is 5.69 Å². The second-order valence-electron chi connectivity index (χ2n) is 4.75. The van der Waals surface area contributed by atoms with Gasteiger partial charge >= 0.3 is 5.97 Å². The first-order valence-electron chi connectivity index (χ1n) is 6.31. The molecule has 0 aromatic carbocycles. The largest absolute Gasteiger partial charge is 0.481 e. The number of carbonyl (C=O) groups is 2. The summed E-state index contributed by atoms with van der Waals surface area (Å²) in [7, 11) is 1.69. The third-order valence-corrected chi connectivity index (χ3v) is 3.33. The number of hydrogen-bond acceptors (Lipinski definition) is 3. The van der Waals surface area contributed by atoms with Crippen LogP contribution in [0.5, 0.6) is 0 Å². The SMILES string of the molecule is CC(C(=O)O)C(C)C(=O)N(C)CCc1ccccn1. The zero-order chi connectivity index (χ0) is 14.4. The number of carboxylic acid groups (broad SMARTS) is 1. The van der Waals surface area contributed by atoms with E-state index in [-0.39, 0.29) is 5.91 Å². The first kappa shape index (κ1) is 15.1. The van der Waals surface area contributed by atoms with Crippen LogP contribution in [0, 0.1) is 11.8 Å². The van der Waals surface area contributed by atoms with Gasteiger partial charge in [-0.05, 0) is 12.1 Å². The van der Waals surface area contributed by atoms with Crippen molar-refractivity contribution in [1.29, 1.82) is 0 Å². The third kappa shape index (κ3) is 4.35. The fourth-order valence-corrected chi connectivity index (χ4v) is 1.71. The Kier molecular flexibility index (Phi) is 5.48. The normalized spacial score (nSPS) is 13.6. The van der Waals surface area contributed by atoms with Crippen LogP contribution in [0.15, 0.2) is 24.4 Å². The maximum atomic E-state index is 12.1. The molecular formula is C14H20N2O3. The van der Waals surface area contributed by atoms with Crippen molar-refractivity contribution in [2.45, 2.75) is 20.3 Å². The quantitative estimate of drug-likeness (QED) is 0.844. The summed E-state index contributed by atoms with van der Waals surface area (Å²) >= 11 is 0. The van der Waals surface area contributed by atoms with Gasteiger partial charge in [-0.1, -0.05) is 19.9 Å². The third-order valence-electron chi connectivity index (χ3n) is 3.33. The summed E-state index contributed by atoms with van der Waals surface area (Å²) in [4.78, 5) is 28.7. The molecule has 0 bridgehead atoms. The number of likely N-dealkylation sites (N-methyl/N-ethyl adjacent to an activating group) is 1. The molecule has 1 heterocycles. The molecule has 0 aliphatic rings. The molecule has 1 aromatic heterocycles. The van der Waals surface area contributed by atoms with Crippen LogP contribution in [0.1, 0.15) is 19.5 Å². The highest BCUT2D eigenvalue weighted by molar-refractivity contribution is 5.84. The molecule has 0 spiro atoms. The second-order valence-corrected chi connectivity index (χ2v) is 4.75. The monoisotopic (exact) mass is 264 g/mol. The predicted octanol–water partition coefficient (Wildman–Crippen LogP) is 1.44. The Labute approximate surface area is 113 Å². The van der Waals surface area contributed by atoms with Crippen LogP contribution in [-0.2, 0) is 16.0 Å². The van der Waals surface area contributed by atoms with Gasteiger partial charge in [0.1, 0.15) is 0 Å². The van der Waals surface area contributed by atoms with E-state index in [2.05, 4.69) is 4.98 Å². The Hall–Kier alpha value is -1.91. The van der Waals surface area contributed by atoms with E-state index in [1.807, 2.05) is 18.2 Å². The van der Waals surface area contributed by atoms with Crippen molar-refractivity contribution in [2.75, 3.05) is 13.6 Å². The Morgan fingerprint density at radius 1 is 1.32 bits per heavy atom.